The van der Waals surface area contributed by atoms with E-state index in [0.29, 0.717) is 6.04 Å². The Morgan fingerprint density at radius 2 is 1.95 bits per heavy atom. The molecule has 0 bridgehead atoms. The van der Waals surface area contributed by atoms with Crippen molar-refractivity contribution in [1.82, 2.24) is 14.7 Å². The summed E-state index contributed by atoms with van der Waals surface area (Å²) in [6, 6.07) is 8.87. The second-order valence-electron chi connectivity index (χ2n) is 6.30. The van der Waals surface area contributed by atoms with Crippen LogP contribution in [0.1, 0.15) is 48.5 Å². The molecule has 1 saturated heterocycles. The SMILES string of the molecule is Cc1nn(C)cc1CN1CCCCC[C@H]1c1ccc(Cl)cc1. The van der Waals surface area contributed by atoms with Crippen molar-refractivity contribution in [1.29, 1.82) is 0 Å². The van der Waals surface area contributed by atoms with Crippen LogP contribution in [0.3, 0.4) is 0 Å². The van der Waals surface area contributed by atoms with E-state index in [1.54, 1.807) is 0 Å². The van der Waals surface area contributed by atoms with Crippen LogP contribution >= 0.6 is 11.6 Å². The Labute approximate surface area is 137 Å². The van der Waals surface area contributed by atoms with Crippen molar-refractivity contribution in [2.75, 3.05) is 6.54 Å². The van der Waals surface area contributed by atoms with E-state index in [1.165, 1.54) is 36.8 Å². The summed E-state index contributed by atoms with van der Waals surface area (Å²) in [4.78, 5) is 2.61. The van der Waals surface area contributed by atoms with Crippen LogP contribution in [-0.4, -0.2) is 21.2 Å². The molecule has 0 unspecified atom stereocenters. The van der Waals surface area contributed by atoms with Crippen LogP contribution in [0.2, 0.25) is 5.02 Å². The molecule has 0 aliphatic carbocycles. The standard InChI is InChI=1S/C18H24ClN3/c1-14-16(12-21(2)20-14)13-22-11-5-3-4-6-18(22)15-7-9-17(19)10-8-15/h7-10,12,18H,3-6,11,13H2,1-2H3/t18-/m0/s1. The smallest absolute Gasteiger partial charge is 0.0638 e. The minimum atomic E-state index is 0.486. The van der Waals surface area contributed by atoms with Crippen LogP contribution in [0.15, 0.2) is 30.5 Å². The number of benzene rings is 1. The lowest BCUT2D eigenvalue weighted by atomic mass is 10.0. The third-order valence-electron chi connectivity index (χ3n) is 4.61. The second kappa shape index (κ2) is 6.84. The van der Waals surface area contributed by atoms with Gasteiger partial charge in [-0.2, -0.15) is 5.10 Å². The summed E-state index contributed by atoms with van der Waals surface area (Å²) < 4.78 is 1.92. The third-order valence-corrected chi connectivity index (χ3v) is 4.86. The monoisotopic (exact) mass is 317 g/mol. The number of hydrogen-bond donors (Lipinski definition) is 0. The van der Waals surface area contributed by atoms with Crippen LogP contribution < -0.4 is 0 Å². The topological polar surface area (TPSA) is 21.1 Å². The fourth-order valence-electron chi connectivity index (χ4n) is 3.44. The molecular formula is C18H24ClN3. The number of aryl methyl sites for hydroxylation is 2. The first-order chi connectivity index (χ1) is 10.6. The molecule has 3 nitrogen and oxygen atoms in total. The van der Waals surface area contributed by atoms with Gasteiger partial charge in [0.2, 0.25) is 0 Å². The molecule has 0 radical (unpaired) electrons. The van der Waals surface area contributed by atoms with Crippen molar-refractivity contribution in [3.8, 4) is 0 Å². The van der Waals surface area contributed by atoms with Gasteiger partial charge in [0, 0.05) is 36.4 Å². The number of aromatic nitrogens is 2. The molecule has 1 atom stereocenters. The zero-order chi connectivity index (χ0) is 15.5. The first kappa shape index (κ1) is 15.6. The van der Waals surface area contributed by atoms with Gasteiger partial charge in [-0.15, -0.1) is 0 Å². The highest BCUT2D eigenvalue weighted by atomic mass is 35.5. The molecular weight excluding hydrogens is 294 g/mol. The number of rotatable bonds is 3. The Morgan fingerprint density at radius 1 is 1.18 bits per heavy atom. The molecule has 2 aromatic rings. The molecule has 0 spiro atoms. The molecule has 0 amide bonds. The molecule has 1 aliphatic rings. The van der Waals surface area contributed by atoms with Crippen molar-refractivity contribution in [2.24, 2.45) is 7.05 Å². The zero-order valence-electron chi connectivity index (χ0n) is 13.4. The molecule has 118 valence electrons. The van der Waals surface area contributed by atoms with Crippen LogP contribution in [-0.2, 0) is 13.6 Å². The van der Waals surface area contributed by atoms with Crippen molar-refractivity contribution >= 4 is 11.6 Å². The summed E-state index contributed by atoms with van der Waals surface area (Å²) in [5.74, 6) is 0. The molecule has 22 heavy (non-hydrogen) atoms. The van der Waals surface area contributed by atoms with Crippen LogP contribution in [0, 0.1) is 6.92 Å². The fraction of sp³-hybridized carbons (Fsp3) is 0.500. The summed E-state index contributed by atoms with van der Waals surface area (Å²) in [5, 5.41) is 5.29. The number of hydrogen-bond acceptors (Lipinski definition) is 2. The highest BCUT2D eigenvalue weighted by molar-refractivity contribution is 6.30. The fourth-order valence-corrected chi connectivity index (χ4v) is 3.57. The second-order valence-corrected chi connectivity index (χ2v) is 6.74. The molecule has 3 rings (SSSR count). The minimum Gasteiger partial charge on any atom is -0.292 e. The van der Waals surface area contributed by atoms with E-state index < -0.39 is 0 Å². The first-order valence-electron chi connectivity index (χ1n) is 8.12. The van der Waals surface area contributed by atoms with E-state index in [1.807, 2.05) is 23.9 Å². The van der Waals surface area contributed by atoms with E-state index in [-0.39, 0.29) is 0 Å². The normalized spacial score (nSPS) is 20.0. The summed E-state index contributed by atoms with van der Waals surface area (Å²) in [6.45, 7) is 4.24. The van der Waals surface area contributed by atoms with Gasteiger partial charge in [0.25, 0.3) is 0 Å². The number of likely N-dealkylation sites (tertiary alicyclic amines) is 1. The molecule has 1 fully saturated rings. The molecule has 1 aromatic heterocycles. The highest BCUT2D eigenvalue weighted by Gasteiger charge is 2.23. The van der Waals surface area contributed by atoms with Gasteiger partial charge in [0.15, 0.2) is 0 Å². The number of halogens is 1. The number of nitrogens with zero attached hydrogens (tertiary/aromatic N) is 3. The van der Waals surface area contributed by atoms with E-state index >= 15 is 0 Å². The van der Waals surface area contributed by atoms with Crippen LogP contribution in [0.5, 0.6) is 0 Å². The van der Waals surface area contributed by atoms with Gasteiger partial charge in [0.05, 0.1) is 5.69 Å². The summed E-state index contributed by atoms with van der Waals surface area (Å²) in [6.07, 6.45) is 7.28. The van der Waals surface area contributed by atoms with E-state index in [4.69, 9.17) is 11.6 Å². The maximum atomic E-state index is 6.05. The maximum absolute atomic E-state index is 6.05. The third kappa shape index (κ3) is 3.53. The molecule has 1 aromatic carbocycles. The average molecular weight is 318 g/mol. The van der Waals surface area contributed by atoms with E-state index in [0.717, 1.165) is 23.8 Å². The predicted octanol–water partition coefficient (Wildman–Crippen LogP) is 4.50. The summed E-state index contributed by atoms with van der Waals surface area (Å²) >= 11 is 6.05. The maximum Gasteiger partial charge on any atom is 0.0638 e. The van der Waals surface area contributed by atoms with Crippen molar-refractivity contribution in [3.63, 3.8) is 0 Å². The van der Waals surface area contributed by atoms with Crippen LogP contribution in [0.25, 0.3) is 0 Å². The lowest BCUT2D eigenvalue weighted by Crippen LogP contribution is -2.28. The molecule has 2 heterocycles. The largest absolute Gasteiger partial charge is 0.292 e. The quantitative estimate of drug-likeness (QED) is 0.831. The van der Waals surface area contributed by atoms with E-state index in [2.05, 4.69) is 35.3 Å². The Bertz CT molecular complexity index is 618. The predicted molar refractivity (Wildman–Crippen MR) is 91.0 cm³/mol. The van der Waals surface area contributed by atoms with E-state index in [9.17, 15) is 0 Å². The van der Waals surface area contributed by atoms with Crippen molar-refractivity contribution in [2.45, 2.75) is 45.2 Å². The van der Waals surface area contributed by atoms with Crippen molar-refractivity contribution < 1.29 is 0 Å². The van der Waals surface area contributed by atoms with Gasteiger partial charge in [-0.05, 0) is 44.0 Å². The summed E-state index contributed by atoms with van der Waals surface area (Å²) in [7, 11) is 2.00. The van der Waals surface area contributed by atoms with Crippen molar-refractivity contribution in [3.05, 3.63) is 52.3 Å². The zero-order valence-corrected chi connectivity index (χ0v) is 14.2. The van der Waals surface area contributed by atoms with Crippen LogP contribution in [0.4, 0.5) is 0 Å². The molecule has 0 saturated carbocycles. The highest BCUT2D eigenvalue weighted by Crippen LogP contribution is 2.32. The van der Waals surface area contributed by atoms with Gasteiger partial charge >= 0.3 is 0 Å². The Balaban J connectivity index is 1.84. The lowest BCUT2D eigenvalue weighted by Gasteiger charge is -2.30. The minimum absolute atomic E-state index is 0.486. The van der Waals surface area contributed by atoms with Gasteiger partial charge in [-0.1, -0.05) is 36.6 Å². The molecule has 1 aliphatic heterocycles. The molecule has 0 N–H and O–H groups in total. The Kier molecular flexibility index (Phi) is 4.84. The van der Waals surface area contributed by atoms with Gasteiger partial charge in [-0.25, -0.2) is 0 Å². The Morgan fingerprint density at radius 3 is 2.64 bits per heavy atom. The lowest BCUT2D eigenvalue weighted by molar-refractivity contribution is 0.192. The van der Waals surface area contributed by atoms with Gasteiger partial charge in [-0.3, -0.25) is 9.58 Å². The summed E-state index contributed by atoms with van der Waals surface area (Å²) in [5.41, 5.74) is 3.86. The first-order valence-corrected chi connectivity index (χ1v) is 8.50. The van der Waals surface area contributed by atoms with Gasteiger partial charge in [0.1, 0.15) is 0 Å². The Hall–Kier alpha value is -1.32. The van der Waals surface area contributed by atoms with Gasteiger partial charge < -0.3 is 0 Å². The molecule has 4 heteroatoms. The average Bonchev–Trinajstić information content (AvgIpc) is 2.69.